The van der Waals surface area contributed by atoms with E-state index in [1.165, 1.54) is 28.4 Å². The van der Waals surface area contributed by atoms with Crippen molar-refractivity contribution in [1.82, 2.24) is 5.32 Å². The van der Waals surface area contributed by atoms with Crippen LogP contribution in [0.1, 0.15) is 42.9 Å². The fourth-order valence-corrected chi connectivity index (χ4v) is 3.89. The molecule has 1 fully saturated rings. The van der Waals surface area contributed by atoms with E-state index in [4.69, 9.17) is 0 Å². The monoisotopic (exact) mass is 407 g/mol. The van der Waals surface area contributed by atoms with Gasteiger partial charge in [-0.1, -0.05) is 62.2 Å². The molecule has 110 valence electrons. The van der Waals surface area contributed by atoms with Gasteiger partial charge >= 0.3 is 0 Å². The van der Waals surface area contributed by atoms with Crippen LogP contribution in [-0.2, 0) is 0 Å². The van der Waals surface area contributed by atoms with Gasteiger partial charge in [-0.05, 0) is 55.0 Å². The predicted molar refractivity (Wildman–Crippen MR) is 95.6 cm³/mol. The van der Waals surface area contributed by atoms with E-state index in [-0.39, 0.29) is 0 Å². The molecule has 0 aliphatic heterocycles. The van der Waals surface area contributed by atoms with Gasteiger partial charge in [0.05, 0.1) is 0 Å². The van der Waals surface area contributed by atoms with Crippen molar-refractivity contribution in [3.63, 3.8) is 0 Å². The lowest BCUT2D eigenvalue weighted by atomic mass is 9.75. The first-order valence-electron chi connectivity index (χ1n) is 7.39. The zero-order valence-corrected chi connectivity index (χ0v) is 15.2. The van der Waals surface area contributed by atoms with E-state index in [0.29, 0.717) is 18.0 Å². The first kappa shape index (κ1) is 15.3. The topological polar surface area (TPSA) is 12.0 Å². The van der Waals surface area contributed by atoms with Gasteiger partial charge in [0.25, 0.3) is 0 Å². The summed E-state index contributed by atoms with van der Waals surface area (Å²) in [5, 5.41) is 3.74. The van der Waals surface area contributed by atoms with Crippen LogP contribution in [-0.4, -0.2) is 6.04 Å². The molecular weight excluding hydrogens is 390 g/mol. The Morgan fingerprint density at radius 1 is 1.00 bits per heavy atom. The fraction of sp³-hybridized carbons (Fsp3) is 0.333. The van der Waals surface area contributed by atoms with Crippen LogP contribution in [0.25, 0.3) is 0 Å². The van der Waals surface area contributed by atoms with E-state index >= 15 is 0 Å². The van der Waals surface area contributed by atoms with Gasteiger partial charge in [0.2, 0.25) is 0 Å². The highest BCUT2D eigenvalue weighted by atomic mass is 79.9. The smallest absolute Gasteiger partial charge is 0.0294 e. The molecule has 0 saturated heterocycles. The molecule has 1 aliphatic carbocycles. The Kier molecular flexibility index (Phi) is 4.82. The molecule has 0 radical (unpaired) electrons. The Bertz CT molecular complexity index is 603. The minimum atomic E-state index is 0.406. The van der Waals surface area contributed by atoms with Crippen molar-refractivity contribution in [2.75, 3.05) is 0 Å². The Hall–Kier alpha value is -0.640. The summed E-state index contributed by atoms with van der Waals surface area (Å²) < 4.78 is 2.38. The third kappa shape index (κ3) is 3.58. The van der Waals surface area contributed by atoms with Crippen LogP contribution in [0.5, 0.6) is 0 Å². The third-order valence-corrected chi connectivity index (χ3v) is 5.59. The van der Waals surface area contributed by atoms with Gasteiger partial charge in [0.1, 0.15) is 0 Å². The van der Waals surface area contributed by atoms with Gasteiger partial charge in [-0.15, -0.1) is 0 Å². The first-order chi connectivity index (χ1) is 10.1. The van der Waals surface area contributed by atoms with Crippen molar-refractivity contribution >= 4 is 31.9 Å². The van der Waals surface area contributed by atoms with E-state index in [0.717, 1.165) is 4.47 Å². The zero-order valence-electron chi connectivity index (χ0n) is 12.0. The minimum Gasteiger partial charge on any atom is -0.307 e. The number of hydrogen-bond donors (Lipinski definition) is 1. The molecule has 2 aromatic rings. The summed E-state index contributed by atoms with van der Waals surface area (Å²) in [5.41, 5.74) is 2.80. The maximum atomic E-state index is 3.74. The zero-order chi connectivity index (χ0) is 14.8. The van der Waals surface area contributed by atoms with Crippen LogP contribution in [0.15, 0.2) is 57.5 Å². The lowest BCUT2D eigenvalue weighted by Crippen LogP contribution is -2.41. The second kappa shape index (κ2) is 6.64. The molecule has 2 aromatic carbocycles. The largest absolute Gasteiger partial charge is 0.307 e. The number of hydrogen-bond acceptors (Lipinski definition) is 1. The lowest BCUT2D eigenvalue weighted by Gasteiger charge is -2.38. The molecule has 0 bridgehead atoms. The second-order valence-corrected chi connectivity index (χ2v) is 7.60. The van der Waals surface area contributed by atoms with Gasteiger partial charge in [-0.25, -0.2) is 0 Å². The molecule has 1 unspecified atom stereocenters. The summed E-state index contributed by atoms with van der Waals surface area (Å²) in [6.07, 6.45) is 2.45. The molecule has 1 aliphatic rings. The molecule has 0 heterocycles. The third-order valence-electron chi connectivity index (χ3n) is 4.34. The maximum Gasteiger partial charge on any atom is 0.0294 e. The summed E-state index contributed by atoms with van der Waals surface area (Å²) >= 11 is 7.15. The van der Waals surface area contributed by atoms with Crippen molar-refractivity contribution in [2.45, 2.75) is 37.8 Å². The molecule has 1 atom stereocenters. The Balaban J connectivity index is 1.55. The van der Waals surface area contributed by atoms with Gasteiger partial charge in [-0.3, -0.25) is 0 Å². The Morgan fingerprint density at radius 2 is 1.67 bits per heavy atom. The molecule has 3 heteroatoms. The van der Waals surface area contributed by atoms with Crippen LogP contribution >= 0.6 is 31.9 Å². The first-order valence-corrected chi connectivity index (χ1v) is 8.98. The summed E-state index contributed by atoms with van der Waals surface area (Å²) in [4.78, 5) is 0. The van der Waals surface area contributed by atoms with Crippen LogP contribution < -0.4 is 5.32 Å². The minimum absolute atomic E-state index is 0.406. The van der Waals surface area contributed by atoms with Crippen molar-refractivity contribution < 1.29 is 0 Å². The quantitative estimate of drug-likeness (QED) is 0.673. The average Bonchev–Trinajstić information content (AvgIpc) is 2.44. The molecule has 0 amide bonds. The van der Waals surface area contributed by atoms with E-state index in [1.54, 1.807) is 0 Å². The maximum absolute atomic E-state index is 3.74. The summed E-state index contributed by atoms with van der Waals surface area (Å²) in [5.74, 6) is 0.690. The van der Waals surface area contributed by atoms with Crippen molar-refractivity contribution in [3.8, 4) is 0 Å². The van der Waals surface area contributed by atoms with E-state index in [2.05, 4.69) is 92.6 Å². The lowest BCUT2D eigenvalue weighted by molar-refractivity contribution is 0.270. The molecule has 3 rings (SSSR count). The highest BCUT2D eigenvalue weighted by Crippen LogP contribution is 2.40. The number of nitrogens with one attached hydrogen (secondary N) is 1. The van der Waals surface area contributed by atoms with Gasteiger partial charge < -0.3 is 5.32 Å². The molecule has 0 aromatic heterocycles. The summed E-state index contributed by atoms with van der Waals surface area (Å²) in [6.45, 7) is 2.25. The van der Waals surface area contributed by atoms with E-state index < -0.39 is 0 Å². The molecule has 0 spiro atoms. The van der Waals surface area contributed by atoms with Crippen LogP contribution in [0.3, 0.4) is 0 Å². The average molecular weight is 409 g/mol. The molecule has 1 saturated carbocycles. The predicted octanol–water partition coefficient (Wildman–Crippen LogP) is 5.81. The van der Waals surface area contributed by atoms with Gasteiger partial charge in [-0.2, -0.15) is 0 Å². The van der Waals surface area contributed by atoms with Crippen LogP contribution in [0, 0.1) is 0 Å². The van der Waals surface area contributed by atoms with Crippen LogP contribution in [0.4, 0.5) is 0 Å². The Morgan fingerprint density at radius 3 is 2.33 bits per heavy atom. The molecule has 1 N–H and O–H groups in total. The molecule has 21 heavy (non-hydrogen) atoms. The highest BCUT2D eigenvalue weighted by Gasteiger charge is 2.31. The van der Waals surface area contributed by atoms with Crippen molar-refractivity contribution in [3.05, 3.63) is 68.6 Å². The second-order valence-electron chi connectivity index (χ2n) is 5.83. The number of benzene rings is 2. The SMILES string of the molecule is CC(NC1CC(c2ccccc2Br)C1)c1ccc(Br)cc1. The van der Waals surface area contributed by atoms with Gasteiger partial charge in [0.15, 0.2) is 0 Å². The van der Waals surface area contributed by atoms with Crippen LogP contribution in [0.2, 0.25) is 0 Å². The number of halogens is 2. The standard InChI is InChI=1S/C18H19Br2N/c1-12(13-6-8-15(19)9-7-13)21-16-10-14(11-16)17-4-2-3-5-18(17)20/h2-9,12,14,16,21H,10-11H2,1H3. The summed E-state index contributed by atoms with van der Waals surface area (Å²) in [7, 11) is 0. The van der Waals surface area contributed by atoms with E-state index in [9.17, 15) is 0 Å². The molecule has 1 nitrogen and oxygen atoms in total. The van der Waals surface area contributed by atoms with Crippen molar-refractivity contribution in [1.29, 1.82) is 0 Å². The summed E-state index contributed by atoms with van der Waals surface area (Å²) in [6, 6.07) is 18.2. The van der Waals surface area contributed by atoms with Gasteiger partial charge in [0, 0.05) is 21.0 Å². The van der Waals surface area contributed by atoms with E-state index in [1.807, 2.05) is 0 Å². The Labute approximate surface area is 143 Å². The molecular formula is C18H19Br2N. The highest BCUT2D eigenvalue weighted by molar-refractivity contribution is 9.10. The van der Waals surface area contributed by atoms with Crippen molar-refractivity contribution in [2.24, 2.45) is 0 Å². The number of rotatable bonds is 4. The normalized spacial score (nSPS) is 22.6. The fourth-order valence-electron chi connectivity index (χ4n) is 3.02.